The number of anilines is 3. The Morgan fingerprint density at radius 2 is 1.86 bits per heavy atom. The average molecular weight is 283 g/mol. The van der Waals surface area contributed by atoms with Crippen molar-refractivity contribution in [2.24, 2.45) is 0 Å². The van der Waals surface area contributed by atoms with Crippen LogP contribution in [0.15, 0.2) is 42.5 Å². The van der Waals surface area contributed by atoms with E-state index in [4.69, 9.17) is 5.73 Å². The zero-order valence-corrected chi connectivity index (χ0v) is 12.7. The van der Waals surface area contributed by atoms with Crippen molar-refractivity contribution in [1.82, 2.24) is 5.32 Å². The molecule has 0 atom stereocenters. The van der Waals surface area contributed by atoms with Crippen molar-refractivity contribution in [2.45, 2.75) is 13.8 Å². The molecule has 0 bridgehead atoms. The van der Waals surface area contributed by atoms with Gasteiger partial charge in [-0.15, -0.1) is 0 Å². The predicted molar refractivity (Wildman–Crippen MR) is 88.1 cm³/mol. The zero-order valence-electron chi connectivity index (χ0n) is 12.7. The molecule has 0 fully saturated rings. The summed E-state index contributed by atoms with van der Waals surface area (Å²) < 4.78 is 0. The van der Waals surface area contributed by atoms with Crippen LogP contribution < -0.4 is 16.0 Å². The maximum absolute atomic E-state index is 12.2. The summed E-state index contributed by atoms with van der Waals surface area (Å²) in [5, 5.41) is 2.83. The number of carbonyl (C=O) groups excluding carboxylic acids is 1. The molecule has 0 saturated heterocycles. The molecule has 2 aromatic rings. The molecule has 0 aromatic heterocycles. The molecular weight excluding hydrogens is 262 g/mol. The van der Waals surface area contributed by atoms with Gasteiger partial charge in [0.05, 0.1) is 11.3 Å². The number of nitrogen functional groups attached to an aromatic ring is 1. The fourth-order valence-electron chi connectivity index (χ4n) is 2.18. The molecule has 110 valence electrons. The van der Waals surface area contributed by atoms with E-state index in [0.29, 0.717) is 17.8 Å². The number of hydrogen-bond donors (Lipinski definition) is 2. The highest BCUT2D eigenvalue weighted by Crippen LogP contribution is 2.29. The van der Waals surface area contributed by atoms with Gasteiger partial charge in [0.2, 0.25) is 0 Å². The minimum absolute atomic E-state index is 0.0912. The largest absolute Gasteiger partial charge is 0.399 e. The Morgan fingerprint density at radius 1 is 1.19 bits per heavy atom. The van der Waals surface area contributed by atoms with Crippen LogP contribution in [0.25, 0.3) is 0 Å². The monoisotopic (exact) mass is 283 g/mol. The lowest BCUT2D eigenvalue weighted by Gasteiger charge is -2.23. The first-order valence-electron chi connectivity index (χ1n) is 7.01. The molecule has 0 unspecified atom stereocenters. The van der Waals surface area contributed by atoms with Crippen molar-refractivity contribution in [3.63, 3.8) is 0 Å². The Bertz CT molecular complexity index is 635. The Hall–Kier alpha value is -2.49. The number of nitrogens with two attached hydrogens (primary N) is 1. The molecule has 4 heteroatoms. The van der Waals surface area contributed by atoms with E-state index in [1.165, 1.54) is 5.56 Å². The molecule has 21 heavy (non-hydrogen) atoms. The molecule has 3 N–H and O–H groups in total. The van der Waals surface area contributed by atoms with Gasteiger partial charge in [-0.25, -0.2) is 0 Å². The maximum atomic E-state index is 12.2. The lowest BCUT2D eigenvalue weighted by Crippen LogP contribution is -2.25. The standard InChI is InChI=1S/C17H21N3O/c1-4-19-17(21)15-10-7-13(18)11-16(15)20(3)14-8-5-12(2)6-9-14/h5-11H,4,18H2,1-3H3,(H,19,21). The minimum Gasteiger partial charge on any atom is -0.399 e. The highest BCUT2D eigenvalue weighted by atomic mass is 16.1. The summed E-state index contributed by atoms with van der Waals surface area (Å²) in [5.74, 6) is -0.0912. The second kappa shape index (κ2) is 6.31. The van der Waals surface area contributed by atoms with E-state index in [0.717, 1.165) is 11.4 Å². The first-order chi connectivity index (χ1) is 10.0. The number of amides is 1. The van der Waals surface area contributed by atoms with Gasteiger partial charge in [0, 0.05) is 25.0 Å². The highest BCUT2D eigenvalue weighted by molar-refractivity contribution is 6.01. The predicted octanol–water partition coefficient (Wildman–Crippen LogP) is 3.09. The number of carbonyl (C=O) groups is 1. The van der Waals surface area contributed by atoms with Crippen LogP contribution in [-0.4, -0.2) is 19.5 Å². The minimum atomic E-state index is -0.0912. The average Bonchev–Trinajstić information content (AvgIpc) is 2.47. The van der Waals surface area contributed by atoms with Gasteiger partial charge in [0.1, 0.15) is 0 Å². The van der Waals surface area contributed by atoms with E-state index in [1.54, 1.807) is 12.1 Å². The normalized spacial score (nSPS) is 10.2. The van der Waals surface area contributed by atoms with Crippen LogP contribution in [0.1, 0.15) is 22.8 Å². The van der Waals surface area contributed by atoms with Crippen LogP contribution in [0.4, 0.5) is 17.1 Å². The van der Waals surface area contributed by atoms with Crippen molar-refractivity contribution in [2.75, 3.05) is 24.2 Å². The van der Waals surface area contributed by atoms with Crippen molar-refractivity contribution in [3.05, 3.63) is 53.6 Å². The number of benzene rings is 2. The molecular formula is C17H21N3O. The van der Waals surface area contributed by atoms with Gasteiger partial charge in [-0.3, -0.25) is 4.79 Å². The van der Waals surface area contributed by atoms with Crippen molar-refractivity contribution in [3.8, 4) is 0 Å². The van der Waals surface area contributed by atoms with E-state index in [1.807, 2.05) is 56.1 Å². The molecule has 0 radical (unpaired) electrons. The van der Waals surface area contributed by atoms with E-state index < -0.39 is 0 Å². The number of nitrogens with zero attached hydrogens (tertiary/aromatic N) is 1. The van der Waals surface area contributed by atoms with Crippen LogP contribution in [0.3, 0.4) is 0 Å². The molecule has 0 spiro atoms. The van der Waals surface area contributed by atoms with E-state index in [9.17, 15) is 4.79 Å². The lowest BCUT2D eigenvalue weighted by atomic mass is 10.1. The van der Waals surface area contributed by atoms with Crippen LogP contribution in [0, 0.1) is 6.92 Å². The number of hydrogen-bond acceptors (Lipinski definition) is 3. The molecule has 2 rings (SSSR count). The van der Waals surface area contributed by atoms with Gasteiger partial charge in [0.25, 0.3) is 5.91 Å². The van der Waals surface area contributed by atoms with Crippen LogP contribution >= 0.6 is 0 Å². The Balaban J connectivity index is 2.43. The Labute approximate surface area is 125 Å². The highest BCUT2D eigenvalue weighted by Gasteiger charge is 2.15. The number of rotatable bonds is 4. The first kappa shape index (κ1) is 14.9. The summed E-state index contributed by atoms with van der Waals surface area (Å²) in [7, 11) is 1.93. The SMILES string of the molecule is CCNC(=O)c1ccc(N)cc1N(C)c1ccc(C)cc1. The van der Waals surface area contributed by atoms with Crippen molar-refractivity contribution < 1.29 is 4.79 Å². The van der Waals surface area contributed by atoms with Crippen molar-refractivity contribution >= 4 is 23.0 Å². The van der Waals surface area contributed by atoms with Gasteiger partial charge in [-0.1, -0.05) is 17.7 Å². The molecule has 2 aromatic carbocycles. The second-order valence-electron chi connectivity index (χ2n) is 5.03. The van der Waals surface area contributed by atoms with E-state index in [2.05, 4.69) is 5.32 Å². The van der Waals surface area contributed by atoms with E-state index >= 15 is 0 Å². The summed E-state index contributed by atoms with van der Waals surface area (Å²) in [5.41, 5.74) is 10.1. The third kappa shape index (κ3) is 3.34. The molecule has 4 nitrogen and oxygen atoms in total. The van der Waals surface area contributed by atoms with Gasteiger partial charge < -0.3 is 16.0 Å². The lowest BCUT2D eigenvalue weighted by molar-refractivity contribution is 0.0956. The molecule has 0 aliphatic heterocycles. The number of nitrogens with one attached hydrogen (secondary N) is 1. The van der Waals surface area contributed by atoms with Gasteiger partial charge in [-0.2, -0.15) is 0 Å². The maximum Gasteiger partial charge on any atom is 0.253 e. The van der Waals surface area contributed by atoms with E-state index in [-0.39, 0.29) is 5.91 Å². The number of aryl methyl sites for hydroxylation is 1. The molecule has 0 saturated carbocycles. The fourth-order valence-corrected chi connectivity index (χ4v) is 2.18. The Morgan fingerprint density at radius 3 is 2.48 bits per heavy atom. The summed E-state index contributed by atoms with van der Waals surface area (Å²) in [6.45, 7) is 4.54. The summed E-state index contributed by atoms with van der Waals surface area (Å²) in [6, 6.07) is 13.5. The summed E-state index contributed by atoms with van der Waals surface area (Å²) >= 11 is 0. The smallest absolute Gasteiger partial charge is 0.253 e. The van der Waals surface area contributed by atoms with Gasteiger partial charge in [-0.05, 0) is 44.2 Å². The second-order valence-corrected chi connectivity index (χ2v) is 5.03. The zero-order chi connectivity index (χ0) is 15.4. The van der Waals surface area contributed by atoms with Crippen LogP contribution in [0.2, 0.25) is 0 Å². The summed E-state index contributed by atoms with van der Waals surface area (Å²) in [4.78, 5) is 14.2. The quantitative estimate of drug-likeness (QED) is 0.848. The molecule has 0 aliphatic carbocycles. The molecule has 0 aliphatic rings. The third-order valence-electron chi connectivity index (χ3n) is 3.39. The molecule has 1 amide bonds. The Kier molecular flexibility index (Phi) is 4.48. The summed E-state index contributed by atoms with van der Waals surface area (Å²) in [6.07, 6.45) is 0. The van der Waals surface area contributed by atoms with Crippen LogP contribution in [0.5, 0.6) is 0 Å². The van der Waals surface area contributed by atoms with Crippen LogP contribution in [-0.2, 0) is 0 Å². The van der Waals surface area contributed by atoms with Crippen molar-refractivity contribution in [1.29, 1.82) is 0 Å². The molecule has 0 heterocycles. The van der Waals surface area contributed by atoms with Gasteiger partial charge >= 0.3 is 0 Å². The fraction of sp³-hybridized carbons (Fsp3) is 0.235. The first-order valence-corrected chi connectivity index (χ1v) is 7.01. The topological polar surface area (TPSA) is 58.4 Å². The third-order valence-corrected chi connectivity index (χ3v) is 3.39. The van der Waals surface area contributed by atoms with Gasteiger partial charge in [0.15, 0.2) is 0 Å².